The van der Waals surface area contributed by atoms with Crippen LogP contribution in [-0.2, 0) is 26.5 Å². The molecule has 248 valence electrons. The van der Waals surface area contributed by atoms with E-state index in [4.69, 9.17) is 10.5 Å². The number of nitrogens with two attached hydrogens (primary N) is 1. The number of carbonyl (C=O) groups excluding carboxylic acids is 3. The molecule has 3 heterocycles. The van der Waals surface area contributed by atoms with E-state index >= 15 is 4.11 Å². The van der Waals surface area contributed by atoms with E-state index in [1.165, 1.54) is 0 Å². The van der Waals surface area contributed by atoms with Crippen molar-refractivity contribution in [1.82, 2.24) is 4.90 Å². The standard InChI is InChI=1S/C35H40BrFN4O5Si/c1-21-32(47(2,3)37)30(18-31(43)40-15-5-8-27(40)20-42)46-35(21)28-17-24(36)11-14-29(28)41(34(35)45)19-22-6-4-7-26(16-22)39-33(44)23-9-12-25(38)13-10-23/h4,6-7,9-14,16-17,21,27,30,32,42H,5,8,15,18-20,38H2,1-3H3,(H,39,44)/t21-,27+,30+,32-,35+/m1/s1. The molecule has 1 spiro atoms. The molecule has 2 fully saturated rings. The molecule has 4 N–H and O–H groups in total. The van der Waals surface area contributed by atoms with Gasteiger partial charge in [0.2, 0.25) is 14.3 Å². The van der Waals surface area contributed by atoms with E-state index in [-0.39, 0.29) is 43.3 Å². The maximum absolute atomic E-state index is 16.2. The summed E-state index contributed by atoms with van der Waals surface area (Å²) in [6.45, 7) is 5.71. The number of fused-ring (bicyclic) bond motifs is 2. The van der Waals surface area contributed by atoms with Crippen LogP contribution in [-0.4, -0.2) is 61.4 Å². The highest BCUT2D eigenvalue weighted by molar-refractivity contribution is 9.10. The van der Waals surface area contributed by atoms with E-state index in [9.17, 15) is 19.5 Å². The molecular formula is C35H40BrFN4O5Si. The van der Waals surface area contributed by atoms with Crippen LogP contribution in [0.3, 0.4) is 0 Å². The van der Waals surface area contributed by atoms with Crippen molar-refractivity contribution in [3.05, 3.63) is 87.9 Å². The van der Waals surface area contributed by atoms with Gasteiger partial charge in [-0.2, -0.15) is 0 Å². The van der Waals surface area contributed by atoms with Gasteiger partial charge in [0.25, 0.3) is 11.8 Å². The number of ether oxygens (including phenoxy) is 1. The average molecular weight is 724 g/mol. The number of aliphatic hydroxyl groups is 1. The molecule has 3 aliphatic heterocycles. The second kappa shape index (κ2) is 12.8. The third kappa shape index (κ3) is 6.12. The summed E-state index contributed by atoms with van der Waals surface area (Å²) in [4.78, 5) is 44.5. The number of benzene rings is 3. The molecule has 0 aromatic heterocycles. The predicted octanol–water partition coefficient (Wildman–Crippen LogP) is 5.98. The summed E-state index contributed by atoms with van der Waals surface area (Å²) in [6.07, 6.45) is 0.672. The number of amides is 3. The van der Waals surface area contributed by atoms with Gasteiger partial charge in [0.05, 0.1) is 37.4 Å². The first-order chi connectivity index (χ1) is 22.3. The smallest absolute Gasteiger partial charge is 0.264 e. The largest absolute Gasteiger partial charge is 0.399 e. The van der Waals surface area contributed by atoms with Crippen LogP contribution in [0.4, 0.5) is 21.2 Å². The summed E-state index contributed by atoms with van der Waals surface area (Å²) in [5.74, 6) is -1.32. The van der Waals surface area contributed by atoms with Crippen molar-refractivity contribution >= 4 is 59.1 Å². The quantitative estimate of drug-likeness (QED) is 0.149. The molecule has 0 saturated carbocycles. The van der Waals surface area contributed by atoms with Crippen LogP contribution in [0.5, 0.6) is 0 Å². The third-order valence-corrected chi connectivity index (χ3v) is 12.9. The molecule has 0 aliphatic carbocycles. The lowest BCUT2D eigenvalue weighted by Gasteiger charge is -2.31. The Hall–Kier alpha value is -3.58. The number of carbonyl (C=O) groups is 3. The van der Waals surface area contributed by atoms with Gasteiger partial charge in [-0.25, -0.2) is 0 Å². The molecule has 3 amide bonds. The lowest BCUT2D eigenvalue weighted by Crippen LogP contribution is -2.45. The van der Waals surface area contributed by atoms with Crippen molar-refractivity contribution in [2.45, 2.75) is 69.1 Å². The Morgan fingerprint density at radius 3 is 2.60 bits per heavy atom. The first kappa shape index (κ1) is 33.3. The van der Waals surface area contributed by atoms with Crippen molar-refractivity contribution in [3.63, 3.8) is 0 Å². The lowest BCUT2D eigenvalue weighted by atomic mass is 9.82. The van der Waals surface area contributed by atoms with Crippen molar-refractivity contribution in [2.75, 3.05) is 29.1 Å². The van der Waals surface area contributed by atoms with Gasteiger partial charge in [-0.1, -0.05) is 35.0 Å². The minimum absolute atomic E-state index is 0.0556. The highest BCUT2D eigenvalue weighted by Crippen LogP contribution is 2.60. The minimum Gasteiger partial charge on any atom is -0.399 e. The first-order valence-electron chi connectivity index (χ1n) is 16.0. The number of hydrogen-bond acceptors (Lipinski definition) is 6. The van der Waals surface area contributed by atoms with Crippen LogP contribution in [0.25, 0.3) is 0 Å². The number of nitrogen functional groups attached to an aromatic ring is 1. The molecular weight excluding hydrogens is 683 g/mol. The lowest BCUT2D eigenvalue weighted by molar-refractivity contribution is -0.150. The topological polar surface area (TPSA) is 125 Å². The number of nitrogens with zero attached hydrogens (tertiary/aromatic N) is 2. The fraction of sp³-hybridized carbons (Fsp3) is 0.400. The maximum Gasteiger partial charge on any atom is 0.264 e. The Kier molecular flexibility index (Phi) is 9.07. The van der Waals surface area contributed by atoms with E-state index in [1.807, 2.05) is 43.3 Å². The number of rotatable bonds is 8. The van der Waals surface area contributed by atoms with E-state index in [0.29, 0.717) is 34.7 Å². The van der Waals surface area contributed by atoms with Crippen molar-refractivity contribution in [2.24, 2.45) is 5.92 Å². The average Bonchev–Trinajstić information content (AvgIpc) is 3.68. The summed E-state index contributed by atoms with van der Waals surface area (Å²) in [6, 6.07) is 19.3. The fourth-order valence-corrected chi connectivity index (χ4v) is 10.6. The zero-order chi connectivity index (χ0) is 33.7. The Balaban J connectivity index is 1.30. The number of aliphatic hydroxyl groups excluding tert-OH is 1. The summed E-state index contributed by atoms with van der Waals surface area (Å²) in [7, 11) is -3.47. The predicted molar refractivity (Wildman–Crippen MR) is 185 cm³/mol. The highest BCUT2D eigenvalue weighted by Gasteiger charge is 2.67. The van der Waals surface area contributed by atoms with Gasteiger partial charge in [0.1, 0.15) is 0 Å². The van der Waals surface area contributed by atoms with Crippen LogP contribution in [0.15, 0.2) is 71.2 Å². The van der Waals surface area contributed by atoms with Gasteiger partial charge in [-0.15, -0.1) is 0 Å². The molecule has 0 radical (unpaired) electrons. The number of likely N-dealkylation sites (tertiary alicyclic amines) is 1. The molecule has 3 aromatic carbocycles. The van der Waals surface area contributed by atoms with E-state index in [2.05, 4.69) is 21.2 Å². The van der Waals surface area contributed by atoms with Crippen LogP contribution in [0, 0.1) is 5.92 Å². The molecule has 47 heavy (non-hydrogen) atoms. The SMILES string of the molecule is C[C@@H]1[C@@H]([Si](C)(C)F)[C@H](CC(=O)N2CCC[C@H]2CO)O[C@@]12C(=O)N(Cc1cccc(NC(=O)c3ccc(N)cc3)c1)c1ccc(Br)cc12. The zero-order valence-corrected chi connectivity index (χ0v) is 29.3. The maximum atomic E-state index is 16.2. The second-order valence-electron chi connectivity index (χ2n) is 13.4. The summed E-state index contributed by atoms with van der Waals surface area (Å²) >= 11 is 3.56. The van der Waals surface area contributed by atoms with Crippen molar-refractivity contribution in [1.29, 1.82) is 0 Å². The molecule has 3 aromatic rings. The molecule has 6 rings (SSSR count). The summed E-state index contributed by atoms with van der Waals surface area (Å²) < 4.78 is 23.8. The molecule has 3 aliphatic rings. The van der Waals surface area contributed by atoms with Gasteiger partial charge in [-0.05, 0) is 86.1 Å². The number of anilines is 3. The minimum atomic E-state index is -3.47. The van der Waals surface area contributed by atoms with Crippen LogP contribution < -0.4 is 16.0 Å². The zero-order valence-electron chi connectivity index (χ0n) is 26.7. The van der Waals surface area contributed by atoms with E-state index < -0.39 is 31.6 Å². The molecule has 12 heteroatoms. The Morgan fingerprint density at radius 2 is 1.89 bits per heavy atom. The molecule has 9 nitrogen and oxygen atoms in total. The number of hydrogen-bond donors (Lipinski definition) is 3. The van der Waals surface area contributed by atoms with E-state index in [1.54, 1.807) is 53.2 Å². The fourth-order valence-electron chi connectivity index (χ4n) is 7.79. The molecule has 2 saturated heterocycles. The van der Waals surface area contributed by atoms with Gasteiger partial charge in [0.15, 0.2) is 5.60 Å². The first-order valence-corrected chi connectivity index (χ1v) is 19.7. The van der Waals surface area contributed by atoms with Crippen LogP contribution in [0.1, 0.15) is 47.7 Å². The second-order valence-corrected chi connectivity index (χ2v) is 18.1. The summed E-state index contributed by atoms with van der Waals surface area (Å²) in [5.41, 5.74) is 7.33. The monoisotopic (exact) mass is 722 g/mol. The van der Waals surface area contributed by atoms with Crippen LogP contribution >= 0.6 is 15.9 Å². The molecule has 5 atom stereocenters. The van der Waals surface area contributed by atoms with Gasteiger partial charge < -0.3 is 34.8 Å². The number of halogens is 2. The van der Waals surface area contributed by atoms with Crippen LogP contribution in [0.2, 0.25) is 18.6 Å². The van der Waals surface area contributed by atoms with Gasteiger partial charge in [-0.3, -0.25) is 14.4 Å². The van der Waals surface area contributed by atoms with Gasteiger partial charge in [0, 0.05) is 45.0 Å². The number of nitrogens with one attached hydrogen (secondary N) is 1. The Labute approximate surface area is 283 Å². The molecule has 0 unspecified atom stereocenters. The molecule has 0 bridgehead atoms. The normalized spacial score (nSPS) is 25.4. The van der Waals surface area contributed by atoms with Crippen molar-refractivity contribution < 1.29 is 28.3 Å². The van der Waals surface area contributed by atoms with Gasteiger partial charge >= 0.3 is 0 Å². The Bertz CT molecular complexity index is 1700. The van der Waals surface area contributed by atoms with E-state index in [0.717, 1.165) is 22.9 Å². The third-order valence-electron chi connectivity index (χ3n) is 9.91. The highest BCUT2D eigenvalue weighted by atomic mass is 79.9. The summed E-state index contributed by atoms with van der Waals surface area (Å²) in [5, 5.41) is 12.7. The van der Waals surface area contributed by atoms with Crippen molar-refractivity contribution in [3.8, 4) is 0 Å². The Morgan fingerprint density at radius 1 is 1.15 bits per heavy atom.